The summed E-state index contributed by atoms with van der Waals surface area (Å²) in [5, 5.41) is 6.51. The van der Waals surface area contributed by atoms with Crippen molar-refractivity contribution in [1.29, 1.82) is 0 Å². The van der Waals surface area contributed by atoms with E-state index in [1.165, 1.54) is 0 Å². The van der Waals surface area contributed by atoms with Crippen LogP contribution < -0.4 is 10.6 Å². The highest BCUT2D eigenvalue weighted by molar-refractivity contribution is 5.94. The van der Waals surface area contributed by atoms with Crippen LogP contribution in [0.2, 0.25) is 0 Å². The monoisotopic (exact) mass is 346 g/mol. The van der Waals surface area contributed by atoms with Gasteiger partial charge in [0.2, 0.25) is 0 Å². The van der Waals surface area contributed by atoms with Gasteiger partial charge in [-0.25, -0.2) is 0 Å². The molecule has 1 aliphatic heterocycles. The molecular formula is C19H30N4O2. The molecule has 2 unspecified atom stereocenters. The molecule has 0 saturated carbocycles. The lowest BCUT2D eigenvalue weighted by atomic mass is 10.1. The maximum absolute atomic E-state index is 12.7. The zero-order valence-electron chi connectivity index (χ0n) is 15.9. The zero-order chi connectivity index (χ0) is 18.4. The van der Waals surface area contributed by atoms with Crippen LogP contribution in [0.4, 0.5) is 0 Å². The van der Waals surface area contributed by atoms with E-state index in [0.717, 1.165) is 17.1 Å². The summed E-state index contributed by atoms with van der Waals surface area (Å²) >= 11 is 0. The van der Waals surface area contributed by atoms with Gasteiger partial charge in [0.1, 0.15) is 0 Å². The predicted octanol–water partition coefficient (Wildman–Crippen LogP) is 2.01. The Labute approximate surface area is 150 Å². The Balaban J connectivity index is 1.94. The summed E-state index contributed by atoms with van der Waals surface area (Å²) in [4.78, 5) is 18.7. The largest absolute Gasteiger partial charge is 0.372 e. The minimum Gasteiger partial charge on any atom is -0.372 e. The summed E-state index contributed by atoms with van der Waals surface area (Å²) in [5.41, 5.74) is 1.82. The summed E-state index contributed by atoms with van der Waals surface area (Å²) in [6.07, 6.45) is 0.160. The van der Waals surface area contributed by atoms with Crippen molar-refractivity contribution in [2.75, 3.05) is 20.1 Å². The molecule has 2 N–H and O–H groups in total. The Kier molecular flexibility index (Phi) is 6.82. The number of guanidine groups is 1. The van der Waals surface area contributed by atoms with E-state index in [1.54, 1.807) is 7.05 Å². The highest BCUT2D eigenvalue weighted by Crippen LogP contribution is 2.15. The number of aliphatic imine (C=N–C) groups is 1. The van der Waals surface area contributed by atoms with Gasteiger partial charge in [0.25, 0.3) is 5.91 Å². The van der Waals surface area contributed by atoms with Crippen LogP contribution in [0.15, 0.2) is 29.3 Å². The summed E-state index contributed by atoms with van der Waals surface area (Å²) in [7, 11) is 1.75. The average molecular weight is 346 g/mol. The van der Waals surface area contributed by atoms with Gasteiger partial charge in [-0.3, -0.25) is 9.79 Å². The first-order valence-electron chi connectivity index (χ1n) is 8.90. The molecule has 1 aromatic carbocycles. The molecule has 1 saturated heterocycles. The maximum Gasteiger partial charge on any atom is 0.254 e. The molecule has 1 amide bonds. The predicted molar refractivity (Wildman–Crippen MR) is 101 cm³/mol. The average Bonchev–Trinajstić information content (AvgIpc) is 2.57. The summed E-state index contributed by atoms with van der Waals surface area (Å²) in [5.74, 6) is 0.838. The van der Waals surface area contributed by atoms with Crippen LogP contribution in [0.5, 0.6) is 0 Å². The first-order valence-corrected chi connectivity index (χ1v) is 8.90. The number of benzene rings is 1. The zero-order valence-corrected chi connectivity index (χ0v) is 15.9. The smallest absolute Gasteiger partial charge is 0.254 e. The second-order valence-corrected chi connectivity index (χ2v) is 6.89. The van der Waals surface area contributed by atoms with Crippen molar-refractivity contribution in [1.82, 2.24) is 15.5 Å². The number of carbonyl (C=O) groups is 1. The molecule has 2 atom stereocenters. The lowest BCUT2D eigenvalue weighted by Crippen LogP contribution is -2.48. The summed E-state index contributed by atoms with van der Waals surface area (Å²) in [6, 6.07) is 8.07. The number of morpholine rings is 1. The van der Waals surface area contributed by atoms with E-state index < -0.39 is 0 Å². The van der Waals surface area contributed by atoms with Crippen LogP contribution in [-0.2, 0) is 11.3 Å². The lowest BCUT2D eigenvalue weighted by molar-refractivity contribution is -0.0586. The van der Waals surface area contributed by atoms with Crippen molar-refractivity contribution in [3.05, 3.63) is 35.4 Å². The standard InChI is InChI=1S/C19H30N4O2/c1-13(2)22-19(20-5)21-10-16-6-8-17(9-7-16)18(24)23-11-14(3)25-15(4)12-23/h6-9,13-15H,10-12H2,1-5H3,(H2,20,21,22). The molecule has 138 valence electrons. The fourth-order valence-corrected chi connectivity index (χ4v) is 2.95. The third-order valence-electron chi connectivity index (χ3n) is 4.02. The van der Waals surface area contributed by atoms with Gasteiger partial charge in [-0.05, 0) is 45.4 Å². The van der Waals surface area contributed by atoms with Gasteiger partial charge in [0, 0.05) is 38.3 Å². The molecule has 6 nitrogen and oxygen atoms in total. The molecule has 6 heteroatoms. The quantitative estimate of drug-likeness (QED) is 0.646. The summed E-state index contributed by atoms with van der Waals surface area (Å²) in [6.45, 7) is 10.1. The SMILES string of the molecule is CN=C(NCc1ccc(C(=O)N2CC(C)OC(C)C2)cc1)NC(C)C. The van der Waals surface area contributed by atoms with Crippen molar-refractivity contribution in [3.63, 3.8) is 0 Å². The van der Waals surface area contributed by atoms with E-state index in [0.29, 0.717) is 25.7 Å². The van der Waals surface area contributed by atoms with Crippen LogP contribution >= 0.6 is 0 Å². The molecule has 0 aliphatic carbocycles. The van der Waals surface area contributed by atoms with Crippen LogP contribution in [-0.4, -0.2) is 55.2 Å². The number of nitrogens with one attached hydrogen (secondary N) is 2. The lowest BCUT2D eigenvalue weighted by Gasteiger charge is -2.35. The second kappa shape index (κ2) is 8.85. The number of ether oxygens (including phenoxy) is 1. The third-order valence-corrected chi connectivity index (χ3v) is 4.02. The molecular weight excluding hydrogens is 316 g/mol. The fourth-order valence-electron chi connectivity index (χ4n) is 2.95. The Bertz CT molecular complexity index is 588. The fraction of sp³-hybridized carbons (Fsp3) is 0.579. The molecule has 0 spiro atoms. The van der Waals surface area contributed by atoms with Crippen molar-refractivity contribution < 1.29 is 9.53 Å². The molecule has 1 aliphatic rings. The molecule has 0 aromatic heterocycles. The number of hydrogen-bond acceptors (Lipinski definition) is 3. The van der Waals surface area contributed by atoms with Gasteiger partial charge in [-0.1, -0.05) is 12.1 Å². The Morgan fingerprint density at radius 2 is 1.84 bits per heavy atom. The number of nitrogens with zero attached hydrogens (tertiary/aromatic N) is 2. The summed E-state index contributed by atoms with van der Waals surface area (Å²) < 4.78 is 5.69. The highest BCUT2D eigenvalue weighted by Gasteiger charge is 2.26. The van der Waals surface area contributed by atoms with Crippen molar-refractivity contribution in [2.24, 2.45) is 4.99 Å². The molecule has 0 bridgehead atoms. The second-order valence-electron chi connectivity index (χ2n) is 6.89. The van der Waals surface area contributed by atoms with E-state index >= 15 is 0 Å². The van der Waals surface area contributed by atoms with Gasteiger partial charge < -0.3 is 20.3 Å². The Morgan fingerprint density at radius 3 is 2.36 bits per heavy atom. The van der Waals surface area contributed by atoms with Crippen LogP contribution in [0, 0.1) is 0 Å². The highest BCUT2D eigenvalue weighted by atomic mass is 16.5. The number of rotatable bonds is 4. The van der Waals surface area contributed by atoms with Crippen LogP contribution in [0.3, 0.4) is 0 Å². The van der Waals surface area contributed by atoms with Gasteiger partial charge in [-0.15, -0.1) is 0 Å². The molecule has 2 rings (SSSR count). The van der Waals surface area contributed by atoms with E-state index in [1.807, 2.05) is 43.0 Å². The Hall–Kier alpha value is -2.08. The van der Waals surface area contributed by atoms with Crippen molar-refractivity contribution in [2.45, 2.75) is 52.5 Å². The van der Waals surface area contributed by atoms with Crippen molar-refractivity contribution in [3.8, 4) is 0 Å². The van der Waals surface area contributed by atoms with Crippen LogP contribution in [0.25, 0.3) is 0 Å². The van der Waals surface area contributed by atoms with E-state index in [2.05, 4.69) is 29.5 Å². The first kappa shape index (κ1) is 19.2. The van der Waals surface area contributed by atoms with E-state index in [-0.39, 0.29) is 18.1 Å². The number of carbonyl (C=O) groups excluding carboxylic acids is 1. The Morgan fingerprint density at radius 1 is 1.24 bits per heavy atom. The van der Waals surface area contributed by atoms with Crippen molar-refractivity contribution >= 4 is 11.9 Å². The molecule has 1 heterocycles. The molecule has 0 radical (unpaired) electrons. The molecule has 1 fully saturated rings. The molecule has 25 heavy (non-hydrogen) atoms. The topological polar surface area (TPSA) is 66.0 Å². The molecule has 1 aromatic rings. The van der Waals surface area contributed by atoms with E-state index in [4.69, 9.17) is 4.74 Å². The van der Waals surface area contributed by atoms with Gasteiger partial charge >= 0.3 is 0 Å². The number of amides is 1. The minimum absolute atomic E-state index is 0.0683. The van der Waals surface area contributed by atoms with Gasteiger partial charge in [0.05, 0.1) is 12.2 Å². The van der Waals surface area contributed by atoms with Gasteiger partial charge in [0.15, 0.2) is 5.96 Å². The first-order chi connectivity index (χ1) is 11.9. The minimum atomic E-state index is 0.0683. The van der Waals surface area contributed by atoms with E-state index in [9.17, 15) is 4.79 Å². The third kappa shape index (κ3) is 5.74. The number of hydrogen-bond donors (Lipinski definition) is 2. The normalized spacial score (nSPS) is 21.4. The van der Waals surface area contributed by atoms with Crippen LogP contribution in [0.1, 0.15) is 43.6 Å². The van der Waals surface area contributed by atoms with Gasteiger partial charge in [-0.2, -0.15) is 0 Å². The maximum atomic E-state index is 12.7.